The third-order valence-corrected chi connectivity index (χ3v) is 1.81. The average Bonchev–Trinajstić information content (AvgIpc) is 2.15. The topological polar surface area (TPSA) is 18.5 Å². The van der Waals surface area contributed by atoms with Crippen LogP contribution in [0.25, 0.3) is 0 Å². The third kappa shape index (κ3) is 3.57. The third-order valence-electron chi connectivity index (χ3n) is 1.81. The van der Waals surface area contributed by atoms with Crippen LogP contribution in [-0.4, -0.2) is 20.3 Å². The Morgan fingerprint density at radius 1 is 1.23 bits per heavy atom. The van der Waals surface area contributed by atoms with E-state index in [-0.39, 0.29) is 0 Å². The van der Waals surface area contributed by atoms with E-state index in [1.165, 1.54) is 0 Å². The van der Waals surface area contributed by atoms with E-state index >= 15 is 0 Å². The maximum Gasteiger partial charge on any atom is 0.0720 e. The van der Waals surface area contributed by atoms with Crippen molar-refractivity contribution in [3.05, 3.63) is 42.3 Å². The SMILES string of the molecule is [CH2]c1ccccc1COCCOC. The van der Waals surface area contributed by atoms with Crippen LogP contribution in [0.1, 0.15) is 11.1 Å². The van der Waals surface area contributed by atoms with Gasteiger partial charge in [0.05, 0.1) is 19.8 Å². The van der Waals surface area contributed by atoms with E-state index in [0.717, 1.165) is 11.1 Å². The van der Waals surface area contributed by atoms with Crippen molar-refractivity contribution in [2.75, 3.05) is 20.3 Å². The first-order valence-electron chi connectivity index (χ1n) is 4.31. The Morgan fingerprint density at radius 2 is 2.00 bits per heavy atom. The van der Waals surface area contributed by atoms with E-state index in [1.54, 1.807) is 7.11 Å². The number of hydrogen-bond donors (Lipinski definition) is 0. The summed E-state index contributed by atoms with van der Waals surface area (Å²) in [5, 5.41) is 0. The van der Waals surface area contributed by atoms with Crippen molar-refractivity contribution in [1.82, 2.24) is 0 Å². The van der Waals surface area contributed by atoms with Crippen molar-refractivity contribution in [2.45, 2.75) is 6.61 Å². The molecular weight excluding hydrogens is 164 g/mol. The molecule has 1 radical (unpaired) electrons. The lowest BCUT2D eigenvalue weighted by Gasteiger charge is -2.05. The Morgan fingerprint density at radius 3 is 2.69 bits per heavy atom. The van der Waals surface area contributed by atoms with Crippen molar-refractivity contribution in [3.8, 4) is 0 Å². The molecule has 1 aromatic carbocycles. The second-order valence-corrected chi connectivity index (χ2v) is 2.81. The molecule has 0 amide bonds. The van der Waals surface area contributed by atoms with E-state index in [9.17, 15) is 0 Å². The molecule has 2 heteroatoms. The summed E-state index contributed by atoms with van der Waals surface area (Å²) in [6.07, 6.45) is 0. The van der Waals surface area contributed by atoms with Gasteiger partial charge in [-0.2, -0.15) is 0 Å². The van der Waals surface area contributed by atoms with Crippen LogP contribution in [0.4, 0.5) is 0 Å². The highest BCUT2D eigenvalue weighted by Crippen LogP contribution is 2.07. The van der Waals surface area contributed by atoms with Gasteiger partial charge in [0.2, 0.25) is 0 Å². The highest BCUT2D eigenvalue weighted by Gasteiger charge is 1.95. The summed E-state index contributed by atoms with van der Waals surface area (Å²) in [5.41, 5.74) is 2.17. The summed E-state index contributed by atoms with van der Waals surface area (Å²) in [6, 6.07) is 7.97. The zero-order valence-corrected chi connectivity index (χ0v) is 7.95. The molecule has 0 saturated carbocycles. The van der Waals surface area contributed by atoms with Crippen LogP contribution in [0.15, 0.2) is 24.3 Å². The van der Waals surface area contributed by atoms with E-state index in [4.69, 9.17) is 9.47 Å². The zero-order chi connectivity index (χ0) is 9.52. The minimum atomic E-state index is 0.614. The molecule has 0 N–H and O–H groups in total. The van der Waals surface area contributed by atoms with Gasteiger partial charge >= 0.3 is 0 Å². The van der Waals surface area contributed by atoms with Crippen molar-refractivity contribution in [2.24, 2.45) is 0 Å². The maximum absolute atomic E-state index is 5.38. The van der Waals surface area contributed by atoms with Gasteiger partial charge in [0, 0.05) is 7.11 Å². The summed E-state index contributed by atoms with van der Waals surface area (Å²) in [6.45, 7) is 5.79. The van der Waals surface area contributed by atoms with Crippen molar-refractivity contribution in [3.63, 3.8) is 0 Å². The standard InChI is InChI=1S/C11H15O2/c1-10-5-3-4-6-11(10)9-13-8-7-12-2/h3-6H,1,7-9H2,2H3. The van der Waals surface area contributed by atoms with Crippen LogP contribution in [-0.2, 0) is 16.1 Å². The lowest BCUT2D eigenvalue weighted by atomic mass is 10.1. The molecular formula is C11H15O2. The Labute approximate surface area is 79.5 Å². The molecule has 0 unspecified atom stereocenters. The normalized spacial score (nSPS) is 10.3. The van der Waals surface area contributed by atoms with Crippen molar-refractivity contribution >= 4 is 0 Å². The summed E-state index contributed by atoms with van der Waals surface area (Å²) in [7, 11) is 1.67. The molecule has 0 bridgehead atoms. The van der Waals surface area contributed by atoms with Gasteiger partial charge in [-0.05, 0) is 18.1 Å². The largest absolute Gasteiger partial charge is 0.382 e. The van der Waals surface area contributed by atoms with Gasteiger partial charge in [0.1, 0.15) is 0 Å². The molecule has 0 aliphatic heterocycles. The molecule has 0 fully saturated rings. The molecule has 0 aromatic heterocycles. The van der Waals surface area contributed by atoms with Gasteiger partial charge in [0.25, 0.3) is 0 Å². The molecule has 2 nitrogen and oxygen atoms in total. The smallest absolute Gasteiger partial charge is 0.0720 e. The van der Waals surface area contributed by atoms with Crippen LogP contribution in [0.3, 0.4) is 0 Å². The van der Waals surface area contributed by atoms with Crippen molar-refractivity contribution < 1.29 is 9.47 Å². The van der Waals surface area contributed by atoms with E-state index in [0.29, 0.717) is 19.8 Å². The summed E-state index contributed by atoms with van der Waals surface area (Å²) >= 11 is 0. The van der Waals surface area contributed by atoms with Crippen LogP contribution >= 0.6 is 0 Å². The second kappa shape index (κ2) is 5.73. The fraction of sp³-hybridized carbons (Fsp3) is 0.364. The minimum Gasteiger partial charge on any atom is -0.382 e. The number of methoxy groups -OCH3 is 1. The zero-order valence-electron chi connectivity index (χ0n) is 7.95. The number of benzene rings is 1. The summed E-state index contributed by atoms with van der Waals surface area (Å²) in [4.78, 5) is 0. The van der Waals surface area contributed by atoms with E-state index < -0.39 is 0 Å². The highest BCUT2D eigenvalue weighted by molar-refractivity contribution is 5.28. The lowest BCUT2D eigenvalue weighted by Crippen LogP contribution is -2.02. The first-order valence-corrected chi connectivity index (χ1v) is 4.31. The molecule has 0 heterocycles. The maximum atomic E-state index is 5.38. The van der Waals surface area contributed by atoms with Crippen LogP contribution in [0.2, 0.25) is 0 Å². The highest BCUT2D eigenvalue weighted by atomic mass is 16.5. The van der Waals surface area contributed by atoms with Crippen LogP contribution in [0.5, 0.6) is 0 Å². The number of hydrogen-bond acceptors (Lipinski definition) is 2. The molecule has 1 aromatic rings. The van der Waals surface area contributed by atoms with E-state index in [1.807, 2.05) is 24.3 Å². The first kappa shape index (κ1) is 10.2. The molecule has 1 rings (SSSR count). The molecule has 0 aliphatic carbocycles. The fourth-order valence-electron chi connectivity index (χ4n) is 1.02. The predicted molar refractivity (Wildman–Crippen MR) is 52.4 cm³/mol. The predicted octanol–water partition coefficient (Wildman–Crippen LogP) is 2.03. The van der Waals surface area contributed by atoms with Gasteiger partial charge in [0.15, 0.2) is 0 Å². The Kier molecular flexibility index (Phi) is 4.50. The Balaban J connectivity index is 2.32. The molecule has 0 spiro atoms. The summed E-state index contributed by atoms with van der Waals surface area (Å²) in [5.74, 6) is 0. The van der Waals surface area contributed by atoms with Crippen LogP contribution in [0, 0.1) is 6.92 Å². The molecule has 0 saturated heterocycles. The molecule has 0 aliphatic rings. The molecule has 13 heavy (non-hydrogen) atoms. The molecule has 71 valence electrons. The van der Waals surface area contributed by atoms with Gasteiger partial charge in [-0.25, -0.2) is 0 Å². The summed E-state index contributed by atoms with van der Waals surface area (Å²) < 4.78 is 10.2. The van der Waals surface area contributed by atoms with Gasteiger partial charge in [-0.15, -0.1) is 0 Å². The van der Waals surface area contributed by atoms with E-state index in [2.05, 4.69) is 6.92 Å². The first-order chi connectivity index (χ1) is 6.34. The van der Waals surface area contributed by atoms with Gasteiger partial charge in [-0.1, -0.05) is 24.3 Å². The van der Waals surface area contributed by atoms with Crippen molar-refractivity contribution in [1.29, 1.82) is 0 Å². The average molecular weight is 179 g/mol. The monoisotopic (exact) mass is 179 g/mol. The molecule has 0 atom stereocenters. The Hall–Kier alpha value is -0.860. The number of ether oxygens (including phenoxy) is 2. The minimum absolute atomic E-state index is 0.614. The Bertz CT molecular complexity index is 246. The fourth-order valence-corrected chi connectivity index (χ4v) is 1.02. The second-order valence-electron chi connectivity index (χ2n) is 2.81. The lowest BCUT2D eigenvalue weighted by molar-refractivity contribution is 0.0615. The van der Waals surface area contributed by atoms with Crippen LogP contribution < -0.4 is 0 Å². The number of rotatable bonds is 5. The van der Waals surface area contributed by atoms with Gasteiger partial charge < -0.3 is 9.47 Å². The van der Waals surface area contributed by atoms with Gasteiger partial charge in [-0.3, -0.25) is 0 Å². The quantitative estimate of drug-likeness (QED) is 0.644.